The monoisotopic (exact) mass is 605 g/mol. The average Bonchev–Trinajstić information content (AvgIpc) is 3.00. The smallest absolute Gasteiger partial charge is 0.377 e. The van der Waals surface area contributed by atoms with Gasteiger partial charge in [-0.25, -0.2) is 0 Å². The van der Waals surface area contributed by atoms with Gasteiger partial charge in [-0.1, -0.05) is 187 Å². The van der Waals surface area contributed by atoms with E-state index in [9.17, 15) is 4.39 Å². The summed E-state index contributed by atoms with van der Waals surface area (Å²) in [5, 5.41) is 0. The third kappa shape index (κ3) is 34.4. The van der Waals surface area contributed by atoms with Crippen molar-refractivity contribution < 1.29 is 17.7 Å². The Bertz CT molecular complexity index is 422. The van der Waals surface area contributed by atoms with E-state index in [4.69, 9.17) is 13.3 Å². The SMILES string of the molecule is CCCCCCCCCCCCCCCCCCCCC.CO[Si](CCCCCCCCCCCCF)(OC)OC. The van der Waals surface area contributed by atoms with E-state index < -0.39 is 8.80 Å². The van der Waals surface area contributed by atoms with Crippen molar-refractivity contribution in [1.82, 2.24) is 0 Å². The van der Waals surface area contributed by atoms with Crippen LogP contribution in [0.4, 0.5) is 4.39 Å². The van der Waals surface area contributed by atoms with E-state index in [-0.39, 0.29) is 6.67 Å². The number of rotatable bonds is 33. The molecule has 0 N–H and O–H groups in total. The molecule has 0 aliphatic heterocycles. The largest absolute Gasteiger partial charge is 0.500 e. The third-order valence-electron chi connectivity index (χ3n) is 8.51. The quantitative estimate of drug-likeness (QED) is 0.0551. The molecule has 41 heavy (non-hydrogen) atoms. The summed E-state index contributed by atoms with van der Waals surface area (Å²) in [4.78, 5) is 0. The molecule has 0 aromatic heterocycles. The van der Waals surface area contributed by atoms with Crippen LogP contribution in [0.15, 0.2) is 0 Å². The Hall–Kier alpha value is 0.0269. The Labute approximate surface area is 260 Å². The minimum absolute atomic E-state index is 0.158. The topological polar surface area (TPSA) is 27.7 Å². The van der Waals surface area contributed by atoms with Gasteiger partial charge in [-0.2, -0.15) is 0 Å². The van der Waals surface area contributed by atoms with Crippen LogP contribution in [-0.4, -0.2) is 36.8 Å². The van der Waals surface area contributed by atoms with Gasteiger partial charge in [-0.3, -0.25) is 4.39 Å². The van der Waals surface area contributed by atoms with Gasteiger partial charge in [0.1, 0.15) is 0 Å². The zero-order valence-electron chi connectivity index (χ0n) is 29.0. The summed E-state index contributed by atoms with van der Waals surface area (Å²) in [6.07, 6.45) is 39.6. The molecule has 3 nitrogen and oxygen atoms in total. The zero-order chi connectivity index (χ0) is 30.5. The lowest BCUT2D eigenvalue weighted by molar-refractivity contribution is 0.122. The van der Waals surface area contributed by atoms with E-state index in [0.717, 1.165) is 25.3 Å². The molecule has 0 heterocycles. The van der Waals surface area contributed by atoms with Crippen molar-refractivity contribution in [3.05, 3.63) is 0 Å². The van der Waals surface area contributed by atoms with E-state index in [1.807, 2.05) is 0 Å². The van der Waals surface area contributed by atoms with Crippen molar-refractivity contribution in [1.29, 1.82) is 0 Å². The summed E-state index contributed by atoms with van der Waals surface area (Å²) in [6, 6.07) is 0.903. The van der Waals surface area contributed by atoms with Gasteiger partial charge in [0.25, 0.3) is 0 Å². The number of halogens is 1. The van der Waals surface area contributed by atoms with Gasteiger partial charge in [0, 0.05) is 27.4 Å². The molecule has 0 amide bonds. The van der Waals surface area contributed by atoms with Crippen molar-refractivity contribution in [2.24, 2.45) is 0 Å². The molecule has 0 aliphatic rings. The highest BCUT2D eigenvalue weighted by atomic mass is 28.4. The van der Waals surface area contributed by atoms with E-state index in [1.54, 1.807) is 21.3 Å². The normalized spacial score (nSPS) is 11.6. The van der Waals surface area contributed by atoms with Crippen LogP contribution in [0.3, 0.4) is 0 Å². The minimum Gasteiger partial charge on any atom is -0.377 e. The molecule has 0 saturated heterocycles. The first-order valence-electron chi connectivity index (χ1n) is 18.4. The zero-order valence-corrected chi connectivity index (χ0v) is 30.0. The lowest BCUT2D eigenvalue weighted by Crippen LogP contribution is -2.42. The van der Waals surface area contributed by atoms with Crippen LogP contribution < -0.4 is 0 Å². The van der Waals surface area contributed by atoms with Crippen molar-refractivity contribution in [2.75, 3.05) is 28.0 Å². The molecule has 0 atom stereocenters. The molecule has 0 unspecified atom stereocenters. The van der Waals surface area contributed by atoms with Gasteiger partial charge in [-0.05, 0) is 12.8 Å². The third-order valence-corrected chi connectivity index (χ3v) is 11.3. The molecule has 0 aliphatic carbocycles. The van der Waals surface area contributed by atoms with Gasteiger partial charge >= 0.3 is 8.80 Å². The molecule has 0 fully saturated rings. The maximum absolute atomic E-state index is 11.9. The first-order chi connectivity index (χ1) is 20.2. The first-order valence-corrected chi connectivity index (χ1v) is 20.3. The van der Waals surface area contributed by atoms with E-state index in [1.165, 1.54) is 167 Å². The summed E-state index contributed by atoms with van der Waals surface area (Å²) in [6.45, 7) is 4.44. The van der Waals surface area contributed by atoms with Gasteiger partial charge in [0.05, 0.1) is 6.67 Å². The van der Waals surface area contributed by atoms with E-state index >= 15 is 0 Å². The molecule has 0 saturated carbocycles. The van der Waals surface area contributed by atoms with Crippen molar-refractivity contribution >= 4 is 8.80 Å². The van der Waals surface area contributed by atoms with Crippen LogP contribution in [0.2, 0.25) is 6.04 Å². The number of hydrogen-bond acceptors (Lipinski definition) is 3. The highest BCUT2D eigenvalue weighted by Gasteiger charge is 2.36. The standard InChI is InChI=1S/C21H44.C15H33FO3Si/c1-3-5-7-9-11-13-15-17-19-21-20-18-16-14-12-10-8-6-4-2;1-17-20(18-2,19-3)15-13-11-9-7-5-4-6-8-10-12-14-16/h3-21H2,1-2H3;4-15H2,1-3H3. The van der Waals surface area contributed by atoms with Crippen LogP contribution in [0.25, 0.3) is 0 Å². The second-order valence-corrected chi connectivity index (χ2v) is 15.4. The highest BCUT2D eigenvalue weighted by molar-refractivity contribution is 6.60. The van der Waals surface area contributed by atoms with Gasteiger partial charge in [0.15, 0.2) is 0 Å². The molecule has 0 bridgehead atoms. The molecule has 250 valence electrons. The van der Waals surface area contributed by atoms with Crippen LogP contribution in [0, 0.1) is 0 Å². The first kappa shape index (κ1) is 43.2. The summed E-state index contributed by atoms with van der Waals surface area (Å²) in [5.74, 6) is 0. The van der Waals surface area contributed by atoms with Crippen molar-refractivity contribution in [3.8, 4) is 0 Å². The predicted molar refractivity (Wildman–Crippen MR) is 183 cm³/mol. The Morgan fingerprint density at radius 3 is 0.780 bits per heavy atom. The second kappa shape index (κ2) is 38.1. The summed E-state index contributed by atoms with van der Waals surface area (Å²) >= 11 is 0. The summed E-state index contributed by atoms with van der Waals surface area (Å²) < 4.78 is 28.1. The fourth-order valence-corrected chi connectivity index (χ4v) is 7.35. The fraction of sp³-hybridized carbons (Fsp3) is 1.00. The second-order valence-electron chi connectivity index (χ2n) is 12.3. The Kier molecular flexibility index (Phi) is 40.1. The van der Waals surface area contributed by atoms with Crippen LogP contribution in [-0.2, 0) is 13.3 Å². The summed E-state index contributed by atoms with van der Waals surface area (Å²) in [7, 11) is 2.66. The molecule has 0 aromatic rings. The molecular weight excluding hydrogens is 527 g/mol. The number of unbranched alkanes of at least 4 members (excludes halogenated alkanes) is 27. The van der Waals surface area contributed by atoms with Gasteiger partial charge in [0.2, 0.25) is 0 Å². The number of hydrogen-bond donors (Lipinski definition) is 0. The maximum atomic E-state index is 11.9. The van der Waals surface area contributed by atoms with Crippen LogP contribution in [0.1, 0.15) is 200 Å². The van der Waals surface area contributed by atoms with Crippen LogP contribution in [0.5, 0.6) is 0 Å². The minimum atomic E-state index is -2.34. The van der Waals surface area contributed by atoms with Crippen molar-refractivity contribution in [3.63, 3.8) is 0 Å². The lowest BCUT2D eigenvalue weighted by Gasteiger charge is -2.24. The maximum Gasteiger partial charge on any atom is 0.500 e. The molecule has 5 heteroatoms. The molecular formula is C36H77FO3Si. The summed E-state index contributed by atoms with van der Waals surface area (Å²) in [5.41, 5.74) is 0. The number of alkyl halides is 1. The average molecular weight is 605 g/mol. The highest BCUT2D eigenvalue weighted by Crippen LogP contribution is 2.19. The molecule has 0 spiro atoms. The Morgan fingerprint density at radius 1 is 0.341 bits per heavy atom. The Balaban J connectivity index is 0. The van der Waals surface area contributed by atoms with E-state index in [2.05, 4.69) is 13.8 Å². The van der Waals surface area contributed by atoms with Gasteiger partial charge in [-0.15, -0.1) is 0 Å². The molecule has 0 radical (unpaired) electrons. The lowest BCUT2D eigenvalue weighted by atomic mass is 10.0. The predicted octanol–water partition coefficient (Wildman–Crippen LogP) is 13.2. The fourth-order valence-electron chi connectivity index (χ4n) is 5.56. The Morgan fingerprint density at radius 2 is 0.561 bits per heavy atom. The van der Waals surface area contributed by atoms with E-state index in [0.29, 0.717) is 0 Å². The van der Waals surface area contributed by atoms with Crippen LogP contribution >= 0.6 is 0 Å². The van der Waals surface area contributed by atoms with Gasteiger partial charge < -0.3 is 13.3 Å². The molecule has 0 rings (SSSR count). The molecule has 0 aromatic carbocycles. The van der Waals surface area contributed by atoms with Crippen molar-refractivity contribution in [2.45, 2.75) is 206 Å².